The molecule has 0 aliphatic rings. The third-order valence-corrected chi connectivity index (χ3v) is 5.11. The van der Waals surface area contributed by atoms with Crippen molar-refractivity contribution in [3.8, 4) is 11.5 Å². The summed E-state index contributed by atoms with van der Waals surface area (Å²) in [6, 6.07) is 20.9. The van der Waals surface area contributed by atoms with Gasteiger partial charge in [-0.25, -0.2) is 4.79 Å². The Kier molecular flexibility index (Phi) is 6.69. The van der Waals surface area contributed by atoms with Gasteiger partial charge in [0.1, 0.15) is 11.5 Å². The van der Waals surface area contributed by atoms with Crippen molar-refractivity contribution in [2.24, 2.45) is 0 Å². The Morgan fingerprint density at radius 1 is 0.926 bits per heavy atom. The van der Waals surface area contributed by atoms with Crippen LogP contribution in [0.25, 0.3) is 0 Å². The number of aryl methyl sites for hydroxylation is 1. The van der Waals surface area contributed by atoms with Crippen molar-refractivity contribution >= 4 is 37.8 Å². The van der Waals surface area contributed by atoms with Crippen LogP contribution in [-0.4, -0.2) is 12.6 Å². The van der Waals surface area contributed by atoms with Gasteiger partial charge in [-0.1, -0.05) is 46.3 Å². The zero-order valence-electron chi connectivity index (χ0n) is 14.7. The van der Waals surface area contributed by atoms with Crippen LogP contribution in [0.1, 0.15) is 21.5 Å². The highest BCUT2D eigenvalue weighted by Gasteiger charge is 2.13. The van der Waals surface area contributed by atoms with Crippen LogP contribution in [0.4, 0.5) is 0 Å². The number of carbonyl (C=O) groups is 1. The summed E-state index contributed by atoms with van der Waals surface area (Å²) in [6.07, 6.45) is 0.819. The molecule has 3 rings (SSSR count). The van der Waals surface area contributed by atoms with Gasteiger partial charge in [0.15, 0.2) is 0 Å². The number of esters is 1. The summed E-state index contributed by atoms with van der Waals surface area (Å²) in [6.45, 7) is 2.46. The van der Waals surface area contributed by atoms with Crippen molar-refractivity contribution in [3.05, 3.63) is 92.4 Å². The first-order valence-corrected chi connectivity index (χ1v) is 10.1. The number of ether oxygens (including phenoxy) is 2. The van der Waals surface area contributed by atoms with Crippen LogP contribution in [0.3, 0.4) is 0 Å². The molecule has 5 heteroatoms. The summed E-state index contributed by atoms with van der Waals surface area (Å²) >= 11 is 6.87. The molecule has 0 heterocycles. The van der Waals surface area contributed by atoms with E-state index in [9.17, 15) is 4.79 Å². The van der Waals surface area contributed by atoms with Crippen LogP contribution in [-0.2, 0) is 6.42 Å². The Balaban J connectivity index is 1.62. The van der Waals surface area contributed by atoms with Crippen LogP contribution < -0.4 is 9.47 Å². The van der Waals surface area contributed by atoms with E-state index in [0.29, 0.717) is 23.7 Å². The predicted octanol–water partition coefficient (Wildman–Crippen LogP) is 6.36. The molecule has 0 aliphatic carbocycles. The number of hydrogen-bond acceptors (Lipinski definition) is 3. The van der Waals surface area contributed by atoms with Gasteiger partial charge in [-0.05, 0) is 70.4 Å². The van der Waals surface area contributed by atoms with E-state index in [2.05, 4.69) is 44.0 Å². The molecule has 0 atom stereocenters. The maximum absolute atomic E-state index is 12.4. The number of carbonyl (C=O) groups excluding carboxylic acids is 1. The molecule has 0 saturated heterocycles. The minimum Gasteiger partial charge on any atom is -0.492 e. The second-order valence-electron chi connectivity index (χ2n) is 6.03. The predicted molar refractivity (Wildman–Crippen MR) is 114 cm³/mol. The molecule has 0 spiro atoms. The molecular weight excluding hydrogens is 472 g/mol. The lowest BCUT2D eigenvalue weighted by Crippen LogP contribution is -2.10. The topological polar surface area (TPSA) is 35.5 Å². The fourth-order valence-electron chi connectivity index (χ4n) is 2.55. The van der Waals surface area contributed by atoms with E-state index in [1.807, 2.05) is 37.3 Å². The lowest BCUT2D eigenvalue weighted by Gasteiger charge is -2.11. The quantitative estimate of drug-likeness (QED) is 0.298. The Morgan fingerprint density at radius 3 is 2.37 bits per heavy atom. The van der Waals surface area contributed by atoms with Crippen molar-refractivity contribution in [2.45, 2.75) is 13.3 Å². The molecule has 0 radical (unpaired) electrons. The van der Waals surface area contributed by atoms with E-state index < -0.39 is 5.97 Å². The normalized spacial score (nSPS) is 10.5. The van der Waals surface area contributed by atoms with Gasteiger partial charge in [0, 0.05) is 10.9 Å². The minimum absolute atomic E-state index is 0.406. The van der Waals surface area contributed by atoms with E-state index in [1.165, 1.54) is 5.56 Å². The maximum atomic E-state index is 12.4. The maximum Gasteiger partial charge on any atom is 0.343 e. The smallest absolute Gasteiger partial charge is 0.343 e. The van der Waals surface area contributed by atoms with E-state index in [0.717, 1.165) is 20.9 Å². The molecule has 3 aromatic carbocycles. The molecular formula is C22H18Br2O3. The molecule has 0 N–H and O–H groups in total. The summed E-state index contributed by atoms with van der Waals surface area (Å²) in [7, 11) is 0. The van der Waals surface area contributed by atoms with Gasteiger partial charge >= 0.3 is 5.97 Å². The van der Waals surface area contributed by atoms with Crippen molar-refractivity contribution in [1.82, 2.24) is 0 Å². The highest BCUT2D eigenvalue weighted by Crippen LogP contribution is 2.28. The van der Waals surface area contributed by atoms with E-state index in [1.54, 1.807) is 24.3 Å². The average Bonchev–Trinajstić information content (AvgIpc) is 2.66. The minimum atomic E-state index is -0.406. The SMILES string of the molecule is Cc1cc(Br)ccc1OC(=O)c1ccc(OCCc2ccccc2)c(Br)c1. The molecule has 0 fully saturated rings. The zero-order valence-corrected chi connectivity index (χ0v) is 17.9. The summed E-state index contributed by atoms with van der Waals surface area (Å²) in [5, 5.41) is 0. The Bertz CT molecular complexity index is 940. The van der Waals surface area contributed by atoms with Crippen LogP contribution in [0.5, 0.6) is 11.5 Å². The first-order chi connectivity index (χ1) is 13.0. The van der Waals surface area contributed by atoms with Crippen LogP contribution in [0.15, 0.2) is 75.7 Å². The highest BCUT2D eigenvalue weighted by molar-refractivity contribution is 9.10. The van der Waals surface area contributed by atoms with E-state index >= 15 is 0 Å². The lowest BCUT2D eigenvalue weighted by molar-refractivity contribution is 0.0733. The number of hydrogen-bond donors (Lipinski definition) is 0. The molecule has 0 saturated carbocycles. The average molecular weight is 490 g/mol. The van der Waals surface area contributed by atoms with Crippen LogP contribution >= 0.6 is 31.9 Å². The number of rotatable bonds is 6. The van der Waals surface area contributed by atoms with Crippen LogP contribution in [0.2, 0.25) is 0 Å². The molecule has 0 aliphatic heterocycles. The Morgan fingerprint density at radius 2 is 1.67 bits per heavy atom. The third-order valence-electron chi connectivity index (χ3n) is 4.00. The largest absolute Gasteiger partial charge is 0.492 e. The van der Waals surface area contributed by atoms with Crippen molar-refractivity contribution in [2.75, 3.05) is 6.61 Å². The van der Waals surface area contributed by atoms with Gasteiger partial charge < -0.3 is 9.47 Å². The first-order valence-electron chi connectivity index (χ1n) is 8.47. The fraction of sp³-hybridized carbons (Fsp3) is 0.136. The molecule has 0 unspecified atom stereocenters. The van der Waals surface area contributed by atoms with Gasteiger partial charge in [0.25, 0.3) is 0 Å². The fourth-order valence-corrected chi connectivity index (χ4v) is 3.52. The molecule has 27 heavy (non-hydrogen) atoms. The van der Waals surface area contributed by atoms with Crippen molar-refractivity contribution in [1.29, 1.82) is 0 Å². The summed E-state index contributed by atoms with van der Waals surface area (Å²) in [4.78, 5) is 12.4. The number of halogens is 2. The summed E-state index contributed by atoms with van der Waals surface area (Å²) < 4.78 is 13.0. The lowest BCUT2D eigenvalue weighted by atomic mass is 10.2. The third kappa shape index (κ3) is 5.44. The molecule has 3 nitrogen and oxygen atoms in total. The second kappa shape index (κ2) is 9.20. The molecule has 138 valence electrons. The van der Waals surface area contributed by atoms with Gasteiger partial charge in [-0.15, -0.1) is 0 Å². The van der Waals surface area contributed by atoms with Crippen molar-refractivity contribution in [3.63, 3.8) is 0 Å². The van der Waals surface area contributed by atoms with Gasteiger partial charge in [0.2, 0.25) is 0 Å². The first kappa shape index (κ1) is 19.6. The van der Waals surface area contributed by atoms with Crippen LogP contribution in [0, 0.1) is 6.92 Å². The zero-order chi connectivity index (χ0) is 19.2. The standard InChI is InChI=1S/C22H18Br2O3/c1-15-13-18(23)8-10-20(15)27-22(25)17-7-9-21(19(24)14-17)26-12-11-16-5-3-2-4-6-16/h2-10,13-14H,11-12H2,1H3. The molecule has 0 bridgehead atoms. The van der Waals surface area contributed by atoms with Gasteiger partial charge in [-0.2, -0.15) is 0 Å². The molecule has 3 aromatic rings. The summed E-state index contributed by atoms with van der Waals surface area (Å²) in [5.41, 5.74) is 2.57. The van der Waals surface area contributed by atoms with E-state index in [4.69, 9.17) is 9.47 Å². The Hall–Kier alpha value is -2.11. The van der Waals surface area contributed by atoms with E-state index in [-0.39, 0.29) is 0 Å². The van der Waals surface area contributed by atoms with Crippen molar-refractivity contribution < 1.29 is 14.3 Å². The highest BCUT2D eigenvalue weighted by atomic mass is 79.9. The number of benzene rings is 3. The molecule has 0 aromatic heterocycles. The molecule has 0 amide bonds. The summed E-state index contributed by atoms with van der Waals surface area (Å²) in [5.74, 6) is 0.835. The Labute approximate surface area is 175 Å². The van der Waals surface area contributed by atoms with Gasteiger partial charge in [0.05, 0.1) is 16.6 Å². The van der Waals surface area contributed by atoms with Gasteiger partial charge in [-0.3, -0.25) is 0 Å². The second-order valence-corrected chi connectivity index (χ2v) is 7.80. The monoisotopic (exact) mass is 488 g/mol.